The number of nitrogens with one attached hydrogen (secondary N) is 2. The fourth-order valence-electron chi connectivity index (χ4n) is 3.01. The summed E-state index contributed by atoms with van der Waals surface area (Å²) in [6.07, 6.45) is 0. The molecule has 0 saturated carbocycles. The summed E-state index contributed by atoms with van der Waals surface area (Å²) in [4.78, 5) is 38.2. The molecule has 2 aromatic carbocycles. The maximum atomic E-state index is 12.3. The van der Waals surface area contributed by atoms with Crippen LogP contribution in [0.25, 0.3) is 0 Å². The zero-order valence-electron chi connectivity index (χ0n) is 18.6. The number of carbonyl (C=O) groups is 3. The third-order valence-electron chi connectivity index (χ3n) is 4.97. The van der Waals surface area contributed by atoms with E-state index in [1.807, 2.05) is 44.2 Å². The number of amides is 3. The van der Waals surface area contributed by atoms with Crippen molar-refractivity contribution in [1.82, 2.24) is 10.2 Å². The number of hydrogen-bond acceptors (Lipinski definition) is 3. The number of nitrogens with zero attached hydrogens (tertiary/aromatic N) is 1. The van der Waals surface area contributed by atoms with Gasteiger partial charge in [0.05, 0.1) is 13.1 Å². The van der Waals surface area contributed by atoms with Crippen LogP contribution in [0.5, 0.6) is 0 Å². The smallest absolute Gasteiger partial charge is 0.251 e. The van der Waals surface area contributed by atoms with Crippen LogP contribution in [0.2, 0.25) is 0 Å². The van der Waals surface area contributed by atoms with Gasteiger partial charge in [0.15, 0.2) is 0 Å². The molecule has 2 aromatic rings. The Bertz CT molecular complexity index is 907. The van der Waals surface area contributed by atoms with Gasteiger partial charge in [0.25, 0.3) is 5.91 Å². The van der Waals surface area contributed by atoms with E-state index in [9.17, 15) is 14.4 Å². The van der Waals surface area contributed by atoms with Gasteiger partial charge in [-0.15, -0.1) is 0 Å². The lowest BCUT2D eigenvalue weighted by atomic mass is 9.87. The van der Waals surface area contributed by atoms with Crippen LogP contribution in [-0.4, -0.2) is 42.8 Å². The molecule has 0 aliphatic rings. The zero-order valence-corrected chi connectivity index (χ0v) is 18.6. The number of anilines is 1. The molecule has 3 amide bonds. The molecule has 0 unspecified atom stereocenters. The fourth-order valence-corrected chi connectivity index (χ4v) is 3.01. The van der Waals surface area contributed by atoms with Gasteiger partial charge in [0, 0.05) is 18.3 Å². The first-order chi connectivity index (χ1) is 14.0. The second kappa shape index (κ2) is 9.57. The minimum absolute atomic E-state index is 0.00505. The molecule has 0 aromatic heterocycles. The van der Waals surface area contributed by atoms with Crippen molar-refractivity contribution < 1.29 is 14.4 Å². The Labute approximate surface area is 178 Å². The zero-order chi connectivity index (χ0) is 22.5. The van der Waals surface area contributed by atoms with Crippen molar-refractivity contribution in [1.29, 1.82) is 0 Å². The molecule has 160 valence electrons. The molecule has 0 atom stereocenters. The molecule has 6 heteroatoms. The van der Waals surface area contributed by atoms with E-state index in [2.05, 4.69) is 31.4 Å². The van der Waals surface area contributed by atoms with E-state index in [1.165, 1.54) is 11.9 Å². The number of likely N-dealkylation sites (N-methyl/N-ethyl adjacent to an activating group) is 1. The largest absolute Gasteiger partial charge is 0.343 e. The van der Waals surface area contributed by atoms with Gasteiger partial charge < -0.3 is 15.5 Å². The molecule has 6 nitrogen and oxygen atoms in total. The van der Waals surface area contributed by atoms with Gasteiger partial charge in [-0.2, -0.15) is 0 Å². The normalized spacial score (nSPS) is 11.0. The number of para-hydroxylation sites is 1. The molecule has 0 aliphatic carbocycles. The Kier molecular flexibility index (Phi) is 7.38. The Morgan fingerprint density at radius 3 is 2.03 bits per heavy atom. The Morgan fingerprint density at radius 1 is 0.933 bits per heavy atom. The van der Waals surface area contributed by atoms with Crippen molar-refractivity contribution >= 4 is 23.4 Å². The molecule has 0 saturated heterocycles. The molecular formula is C24H31N3O3. The summed E-state index contributed by atoms with van der Waals surface area (Å²) in [5.74, 6) is -0.948. The molecule has 0 radical (unpaired) electrons. The van der Waals surface area contributed by atoms with Crippen molar-refractivity contribution in [2.24, 2.45) is 0 Å². The van der Waals surface area contributed by atoms with E-state index in [-0.39, 0.29) is 36.2 Å². The summed E-state index contributed by atoms with van der Waals surface area (Å²) in [5, 5.41) is 5.47. The molecule has 0 aliphatic heterocycles. The maximum absolute atomic E-state index is 12.3. The summed E-state index contributed by atoms with van der Waals surface area (Å²) in [7, 11) is 1.54. The molecule has 0 fully saturated rings. The van der Waals surface area contributed by atoms with Crippen LogP contribution in [-0.2, 0) is 15.0 Å². The van der Waals surface area contributed by atoms with Gasteiger partial charge in [-0.3, -0.25) is 14.4 Å². The average Bonchev–Trinajstić information content (AvgIpc) is 2.68. The number of benzene rings is 2. The first kappa shape index (κ1) is 23.1. The van der Waals surface area contributed by atoms with Crippen molar-refractivity contribution in [3.63, 3.8) is 0 Å². The summed E-state index contributed by atoms with van der Waals surface area (Å²) < 4.78 is 0. The third kappa shape index (κ3) is 6.17. The molecular weight excluding hydrogens is 378 g/mol. The lowest BCUT2D eigenvalue weighted by Crippen LogP contribution is -2.41. The predicted molar refractivity (Wildman–Crippen MR) is 120 cm³/mol. The highest BCUT2D eigenvalue weighted by atomic mass is 16.2. The first-order valence-electron chi connectivity index (χ1n) is 9.98. The molecule has 0 heterocycles. The summed E-state index contributed by atoms with van der Waals surface area (Å²) in [6.45, 7) is 9.88. The van der Waals surface area contributed by atoms with Gasteiger partial charge in [0.2, 0.25) is 11.8 Å². The highest BCUT2D eigenvalue weighted by Crippen LogP contribution is 2.22. The van der Waals surface area contributed by atoms with E-state index < -0.39 is 0 Å². The Hall–Kier alpha value is -3.15. The minimum Gasteiger partial charge on any atom is -0.343 e. The van der Waals surface area contributed by atoms with E-state index in [0.29, 0.717) is 5.56 Å². The molecule has 2 N–H and O–H groups in total. The van der Waals surface area contributed by atoms with E-state index in [4.69, 9.17) is 0 Å². The second-order valence-electron chi connectivity index (χ2n) is 8.57. The van der Waals surface area contributed by atoms with E-state index in [1.54, 1.807) is 12.1 Å². The van der Waals surface area contributed by atoms with Crippen molar-refractivity contribution in [2.45, 2.75) is 40.0 Å². The van der Waals surface area contributed by atoms with Crippen LogP contribution in [0.1, 0.15) is 47.8 Å². The number of carbonyl (C=O) groups excluding carboxylic acids is 3. The highest BCUT2D eigenvalue weighted by molar-refractivity contribution is 5.98. The van der Waals surface area contributed by atoms with Crippen LogP contribution in [0.3, 0.4) is 0 Å². The van der Waals surface area contributed by atoms with E-state index >= 15 is 0 Å². The van der Waals surface area contributed by atoms with E-state index in [0.717, 1.165) is 22.4 Å². The van der Waals surface area contributed by atoms with Crippen molar-refractivity contribution in [3.8, 4) is 0 Å². The number of rotatable bonds is 6. The standard InChI is InChI=1S/C24H31N3O3/c1-16-8-7-9-17(2)22(16)26-20(28)15-27(6)21(29)14-25-23(30)18-10-12-19(13-11-18)24(3,4)5/h7-13H,14-15H2,1-6H3,(H,25,30)(H,26,28). The van der Waals surface area contributed by atoms with Crippen molar-refractivity contribution in [2.75, 3.05) is 25.5 Å². The lowest BCUT2D eigenvalue weighted by molar-refractivity contribution is -0.132. The third-order valence-corrected chi connectivity index (χ3v) is 4.97. The van der Waals surface area contributed by atoms with Crippen LogP contribution in [0, 0.1) is 13.8 Å². The summed E-state index contributed by atoms with van der Waals surface area (Å²) >= 11 is 0. The first-order valence-corrected chi connectivity index (χ1v) is 9.98. The molecule has 0 spiro atoms. The number of hydrogen-bond donors (Lipinski definition) is 2. The van der Waals surface area contributed by atoms with Gasteiger partial charge in [-0.05, 0) is 48.1 Å². The molecule has 30 heavy (non-hydrogen) atoms. The van der Waals surface area contributed by atoms with Gasteiger partial charge in [-0.1, -0.05) is 51.1 Å². The van der Waals surface area contributed by atoms with Gasteiger partial charge in [0.1, 0.15) is 0 Å². The summed E-state index contributed by atoms with van der Waals surface area (Å²) in [5.41, 5.74) is 4.31. The molecule has 0 bridgehead atoms. The van der Waals surface area contributed by atoms with Gasteiger partial charge in [-0.25, -0.2) is 0 Å². The van der Waals surface area contributed by atoms with Gasteiger partial charge >= 0.3 is 0 Å². The minimum atomic E-state index is -0.341. The highest BCUT2D eigenvalue weighted by Gasteiger charge is 2.17. The maximum Gasteiger partial charge on any atom is 0.251 e. The fraction of sp³-hybridized carbons (Fsp3) is 0.375. The van der Waals surface area contributed by atoms with Crippen LogP contribution >= 0.6 is 0 Å². The molecule has 2 rings (SSSR count). The Morgan fingerprint density at radius 2 is 1.50 bits per heavy atom. The average molecular weight is 410 g/mol. The Balaban J connectivity index is 1.86. The van der Waals surface area contributed by atoms with Crippen LogP contribution in [0.15, 0.2) is 42.5 Å². The van der Waals surface area contributed by atoms with Crippen LogP contribution < -0.4 is 10.6 Å². The number of aryl methyl sites for hydroxylation is 2. The quantitative estimate of drug-likeness (QED) is 0.767. The van der Waals surface area contributed by atoms with Crippen molar-refractivity contribution in [3.05, 3.63) is 64.7 Å². The SMILES string of the molecule is Cc1cccc(C)c1NC(=O)CN(C)C(=O)CNC(=O)c1ccc(C(C)(C)C)cc1. The monoisotopic (exact) mass is 409 g/mol. The lowest BCUT2D eigenvalue weighted by Gasteiger charge is -2.19. The van der Waals surface area contributed by atoms with Crippen LogP contribution in [0.4, 0.5) is 5.69 Å². The summed E-state index contributed by atoms with van der Waals surface area (Å²) in [6, 6.07) is 13.1. The predicted octanol–water partition coefficient (Wildman–Crippen LogP) is 3.43. The second-order valence-corrected chi connectivity index (χ2v) is 8.57. The topological polar surface area (TPSA) is 78.5 Å².